The first kappa shape index (κ1) is 15.9. The maximum atomic E-state index is 12.0. The highest BCUT2D eigenvalue weighted by molar-refractivity contribution is 5.76. The van der Waals surface area contributed by atoms with Crippen molar-refractivity contribution in [1.82, 2.24) is 25.0 Å². The van der Waals surface area contributed by atoms with E-state index in [0.29, 0.717) is 6.42 Å². The molecule has 1 atom stereocenters. The molecule has 0 bridgehead atoms. The number of carbonyl (C=O) groups is 1. The van der Waals surface area contributed by atoms with Crippen molar-refractivity contribution in [1.29, 1.82) is 0 Å². The Morgan fingerprint density at radius 2 is 2.14 bits per heavy atom. The third kappa shape index (κ3) is 4.81. The van der Waals surface area contributed by atoms with Crippen LogP contribution >= 0.6 is 0 Å². The summed E-state index contributed by atoms with van der Waals surface area (Å²) in [5, 5.41) is 7.15. The molecule has 6 heteroatoms. The molecule has 1 N–H and O–H groups in total. The van der Waals surface area contributed by atoms with Crippen LogP contribution in [0.5, 0.6) is 0 Å². The van der Waals surface area contributed by atoms with Crippen molar-refractivity contribution in [2.24, 2.45) is 0 Å². The van der Waals surface area contributed by atoms with Gasteiger partial charge in [-0.1, -0.05) is 6.42 Å². The molecule has 0 saturated carbocycles. The minimum atomic E-state index is -0.0880. The standard InChI is InChI=1S/C15H27N5O/c1-3-20-15(16-12-17-20)13(2)18-14(21)8-7-11-19-9-5-4-6-10-19/h12-13H,3-11H2,1-2H3,(H,18,21). The van der Waals surface area contributed by atoms with Crippen molar-refractivity contribution in [3.8, 4) is 0 Å². The summed E-state index contributed by atoms with van der Waals surface area (Å²) in [6.45, 7) is 8.16. The van der Waals surface area contributed by atoms with Gasteiger partial charge in [0.15, 0.2) is 0 Å². The lowest BCUT2D eigenvalue weighted by Gasteiger charge is -2.26. The third-order valence-electron chi connectivity index (χ3n) is 4.04. The average Bonchev–Trinajstić information content (AvgIpc) is 2.97. The van der Waals surface area contributed by atoms with E-state index in [1.165, 1.54) is 38.7 Å². The molecule has 1 amide bonds. The fraction of sp³-hybridized carbons (Fsp3) is 0.800. The van der Waals surface area contributed by atoms with E-state index in [-0.39, 0.29) is 11.9 Å². The van der Waals surface area contributed by atoms with Crippen molar-refractivity contribution in [2.45, 2.75) is 58.5 Å². The number of nitrogens with one attached hydrogen (secondary N) is 1. The van der Waals surface area contributed by atoms with E-state index in [1.54, 1.807) is 0 Å². The summed E-state index contributed by atoms with van der Waals surface area (Å²) in [5.41, 5.74) is 0. The number of rotatable bonds is 7. The van der Waals surface area contributed by atoms with Crippen LogP contribution in [0.3, 0.4) is 0 Å². The van der Waals surface area contributed by atoms with Crippen molar-refractivity contribution < 1.29 is 4.79 Å². The Morgan fingerprint density at radius 3 is 2.86 bits per heavy atom. The zero-order valence-electron chi connectivity index (χ0n) is 13.2. The van der Waals surface area contributed by atoms with Gasteiger partial charge in [0.05, 0.1) is 6.04 Å². The summed E-state index contributed by atoms with van der Waals surface area (Å²) in [7, 11) is 0. The Kier molecular flexibility index (Phi) is 6.17. The van der Waals surface area contributed by atoms with E-state index in [4.69, 9.17) is 0 Å². The van der Waals surface area contributed by atoms with Gasteiger partial charge >= 0.3 is 0 Å². The molecule has 1 saturated heterocycles. The lowest BCUT2D eigenvalue weighted by atomic mass is 10.1. The topological polar surface area (TPSA) is 63.1 Å². The number of aryl methyl sites for hydroxylation is 1. The fourth-order valence-electron chi connectivity index (χ4n) is 2.88. The summed E-state index contributed by atoms with van der Waals surface area (Å²) in [4.78, 5) is 18.7. The number of nitrogens with zero attached hydrogens (tertiary/aromatic N) is 4. The summed E-state index contributed by atoms with van der Waals surface area (Å²) >= 11 is 0. The molecule has 21 heavy (non-hydrogen) atoms. The molecule has 2 rings (SSSR count). The Balaban J connectivity index is 1.69. The minimum Gasteiger partial charge on any atom is -0.346 e. The van der Waals surface area contributed by atoms with Gasteiger partial charge < -0.3 is 10.2 Å². The van der Waals surface area contributed by atoms with Gasteiger partial charge in [-0.05, 0) is 52.7 Å². The molecule has 1 unspecified atom stereocenters. The Bertz CT molecular complexity index is 439. The Labute approximate surface area is 126 Å². The first-order valence-corrected chi connectivity index (χ1v) is 8.10. The van der Waals surface area contributed by atoms with Crippen molar-refractivity contribution >= 4 is 5.91 Å². The highest BCUT2D eigenvalue weighted by atomic mass is 16.1. The molecule has 1 aliphatic heterocycles. The van der Waals surface area contributed by atoms with Crippen molar-refractivity contribution in [2.75, 3.05) is 19.6 Å². The molecule has 118 valence electrons. The van der Waals surface area contributed by atoms with Crippen LogP contribution in [0.25, 0.3) is 0 Å². The van der Waals surface area contributed by atoms with Gasteiger partial charge in [0.1, 0.15) is 12.2 Å². The van der Waals surface area contributed by atoms with Gasteiger partial charge in [-0.15, -0.1) is 0 Å². The van der Waals surface area contributed by atoms with E-state index in [0.717, 1.165) is 25.3 Å². The number of hydrogen-bond acceptors (Lipinski definition) is 4. The smallest absolute Gasteiger partial charge is 0.220 e. The summed E-state index contributed by atoms with van der Waals surface area (Å²) in [6.07, 6.45) is 7.01. The molecular formula is C15H27N5O. The second-order valence-electron chi connectivity index (χ2n) is 5.73. The SMILES string of the molecule is CCn1ncnc1C(C)NC(=O)CCCN1CCCCC1. The maximum absolute atomic E-state index is 12.0. The van der Waals surface area contributed by atoms with E-state index in [9.17, 15) is 4.79 Å². The highest BCUT2D eigenvalue weighted by Gasteiger charge is 2.15. The molecule has 1 aromatic heterocycles. The second kappa shape index (κ2) is 8.12. The van der Waals surface area contributed by atoms with Gasteiger partial charge in [0.2, 0.25) is 5.91 Å². The fourth-order valence-corrected chi connectivity index (χ4v) is 2.88. The van der Waals surface area contributed by atoms with Gasteiger partial charge in [0, 0.05) is 13.0 Å². The zero-order chi connectivity index (χ0) is 15.1. The Morgan fingerprint density at radius 1 is 1.38 bits per heavy atom. The van der Waals surface area contributed by atoms with Crippen LogP contribution in [0.1, 0.15) is 57.8 Å². The van der Waals surface area contributed by atoms with Crippen LogP contribution in [0.2, 0.25) is 0 Å². The van der Waals surface area contributed by atoms with Crippen molar-refractivity contribution in [3.63, 3.8) is 0 Å². The van der Waals surface area contributed by atoms with Gasteiger partial charge in [-0.25, -0.2) is 9.67 Å². The minimum absolute atomic E-state index is 0.0880. The molecule has 0 spiro atoms. The number of hydrogen-bond donors (Lipinski definition) is 1. The molecule has 0 aliphatic carbocycles. The Hall–Kier alpha value is -1.43. The number of piperidine rings is 1. The molecular weight excluding hydrogens is 266 g/mol. The largest absolute Gasteiger partial charge is 0.346 e. The molecule has 1 fully saturated rings. The monoisotopic (exact) mass is 293 g/mol. The zero-order valence-corrected chi connectivity index (χ0v) is 13.2. The highest BCUT2D eigenvalue weighted by Crippen LogP contribution is 2.11. The van der Waals surface area contributed by atoms with Crippen LogP contribution in [-0.2, 0) is 11.3 Å². The van der Waals surface area contributed by atoms with Crippen LogP contribution in [-0.4, -0.2) is 45.2 Å². The molecule has 0 aromatic carbocycles. The van der Waals surface area contributed by atoms with E-state index in [2.05, 4.69) is 20.3 Å². The summed E-state index contributed by atoms with van der Waals surface area (Å²) in [5.74, 6) is 0.923. The lowest BCUT2D eigenvalue weighted by Crippen LogP contribution is -2.32. The van der Waals surface area contributed by atoms with Gasteiger partial charge in [-0.3, -0.25) is 4.79 Å². The first-order valence-electron chi connectivity index (χ1n) is 8.10. The number of carbonyl (C=O) groups excluding carboxylic acids is 1. The second-order valence-corrected chi connectivity index (χ2v) is 5.73. The van der Waals surface area contributed by atoms with Crippen molar-refractivity contribution in [3.05, 3.63) is 12.2 Å². The molecule has 2 heterocycles. The predicted molar refractivity (Wildman–Crippen MR) is 81.8 cm³/mol. The molecule has 0 radical (unpaired) electrons. The number of aromatic nitrogens is 3. The van der Waals surface area contributed by atoms with Crippen LogP contribution in [0, 0.1) is 0 Å². The molecule has 1 aromatic rings. The van der Waals surface area contributed by atoms with Crippen LogP contribution in [0.15, 0.2) is 6.33 Å². The van der Waals surface area contributed by atoms with Gasteiger partial charge in [-0.2, -0.15) is 5.10 Å². The molecule has 1 aliphatic rings. The van der Waals surface area contributed by atoms with E-state index >= 15 is 0 Å². The predicted octanol–water partition coefficient (Wildman–Crippen LogP) is 1.74. The average molecular weight is 293 g/mol. The lowest BCUT2D eigenvalue weighted by molar-refractivity contribution is -0.122. The summed E-state index contributed by atoms with van der Waals surface area (Å²) < 4.78 is 1.82. The quantitative estimate of drug-likeness (QED) is 0.832. The maximum Gasteiger partial charge on any atom is 0.220 e. The summed E-state index contributed by atoms with van der Waals surface area (Å²) in [6, 6.07) is -0.0880. The van der Waals surface area contributed by atoms with Crippen LogP contribution in [0.4, 0.5) is 0 Å². The van der Waals surface area contributed by atoms with Crippen LogP contribution < -0.4 is 5.32 Å². The number of likely N-dealkylation sites (tertiary alicyclic amines) is 1. The van der Waals surface area contributed by atoms with Gasteiger partial charge in [0.25, 0.3) is 0 Å². The van der Waals surface area contributed by atoms with E-state index in [1.807, 2.05) is 18.5 Å². The third-order valence-corrected chi connectivity index (χ3v) is 4.04. The van der Waals surface area contributed by atoms with E-state index < -0.39 is 0 Å². The normalized spacial score (nSPS) is 17.6. The number of amides is 1. The first-order chi connectivity index (χ1) is 10.2. The molecule has 6 nitrogen and oxygen atoms in total.